The van der Waals surface area contributed by atoms with Gasteiger partial charge in [0.05, 0.1) is 0 Å². The lowest BCUT2D eigenvalue weighted by Gasteiger charge is -2.35. The predicted molar refractivity (Wildman–Crippen MR) is 69.5 cm³/mol. The smallest absolute Gasteiger partial charge is 0.317 e. The molecule has 5 nitrogen and oxygen atoms in total. The van der Waals surface area contributed by atoms with Crippen LogP contribution in [0.1, 0.15) is 51.9 Å². The van der Waals surface area contributed by atoms with Crippen molar-refractivity contribution in [2.45, 2.75) is 57.9 Å². The van der Waals surface area contributed by atoms with Gasteiger partial charge < -0.3 is 15.3 Å². The van der Waals surface area contributed by atoms with Crippen LogP contribution in [0.15, 0.2) is 0 Å². The highest BCUT2D eigenvalue weighted by molar-refractivity contribution is 5.74. The van der Waals surface area contributed by atoms with Crippen LogP contribution in [-0.2, 0) is 4.79 Å². The van der Waals surface area contributed by atoms with Crippen LogP contribution in [0.4, 0.5) is 4.79 Å². The third-order valence-corrected chi connectivity index (χ3v) is 3.35. The van der Waals surface area contributed by atoms with Gasteiger partial charge in [-0.05, 0) is 32.1 Å². The van der Waals surface area contributed by atoms with Gasteiger partial charge in [0, 0.05) is 25.6 Å². The summed E-state index contributed by atoms with van der Waals surface area (Å²) in [6, 6.07) is 0.335. The van der Waals surface area contributed by atoms with Gasteiger partial charge in [-0.25, -0.2) is 4.79 Å². The maximum absolute atomic E-state index is 12.0. The van der Waals surface area contributed by atoms with Crippen LogP contribution in [0.2, 0.25) is 0 Å². The van der Waals surface area contributed by atoms with Gasteiger partial charge in [0.1, 0.15) is 0 Å². The molecule has 2 N–H and O–H groups in total. The van der Waals surface area contributed by atoms with Crippen molar-refractivity contribution in [2.75, 3.05) is 13.1 Å². The van der Waals surface area contributed by atoms with E-state index in [0.29, 0.717) is 19.0 Å². The van der Waals surface area contributed by atoms with Gasteiger partial charge in [-0.15, -0.1) is 0 Å². The summed E-state index contributed by atoms with van der Waals surface area (Å²) in [6.45, 7) is 3.41. The SMILES string of the molecule is CCCC1CCCCN1C(=O)NCCCC(=O)O. The molecule has 1 heterocycles. The summed E-state index contributed by atoms with van der Waals surface area (Å²) in [5.41, 5.74) is 0. The summed E-state index contributed by atoms with van der Waals surface area (Å²) < 4.78 is 0. The molecule has 0 aromatic rings. The molecule has 1 aliphatic rings. The van der Waals surface area contributed by atoms with Crippen molar-refractivity contribution < 1.29 is 14.7 Å². The highest BCUT2D eigenvalue weighted by Crippen LogP contribution is 2.20. The molecule has 0 saturated carbocycles. The third kappa shape index (κ3) is 4.94. The molecule has 104 valence electrons. The standard InChI is InChI=1S/C13H24N2O3/c1-2-6-11-7-3-4-10-15(11)13(18)14-9-5-8-12(16)17/h11H,2-10H2,1H3,(H,14,18)(H,16,17). The summed E-state index contributed by atoms with van der Waals surface area (Å²) in [7, 11) is 0. The quantitative estimate of drug-likeness (QED) is 0.716. The van der Waals surface area contributed by atoms with E-state index < -0.39 is 5.97 Å². The largest absolute Gasteiger partial charge is 0.481 e. The number of amides is 2. The Morgan fingerprint density at radius 2 is 2.17 bits per heavy atom. The first kappa shape index (κ1) is 14.8. The molecule has 0 spiro atoms. The first-order chi connectivity index (χ1) is 8.65. The van der Waals surface area contributed by atoms with Crippen molar-refractivity contribution in [3.63, 3.8) is 0 Å². The molecule has 0 aromatic heterocycles. The Hall–Kier alpha value is -1.26. The zero-order valence-corrected chi connectivity index (χ0v) is 11.2. The van der Waals surface area contributed by atoms with E-state index in [1.165, 1.54) is 6.42 Å². The molecule has 1 aliphatic heterocycles. The van der Waals surface area contributed by atoms with Crippen LogP contribution in [0.25, 0.3) is 0 Å². The van der Waals surface area contributed by atoms with Crippen LogP contribution in [0, 0.1) is 0 Å². The van der Waals surface area contributed by atoms with E-state index >= 15 is 0 Å². The molecule has 5 heteroatoms. The first-order valence-electron chi connectivity index (χ1n) is 6.91. The molecular formula is C13H24N2O3. The van der Waals surface area contributed by atoms with Gasteiger partial charge in [-0.3, -0.25) is 4.79 Å². The Kier molecular flexibility index (Phi) is 6.54. The lowest BCUT2D eigenvalue weighted by atomic mass is 9.99. The lowest BCUT2D eigenvalue weighted by Crippen LogP contribution is -2.48. The molecule has 1 saturated heterocycles. The van der Waals surface area contributed by atoms with Gasteiger partial charge in [0.2, 0.25) is 0 Å². The minimum atomic E-state index is -0.814. The van der Waals surface area contributed by atoms with E-state index in [1.54, 1.807) is 0 Å². The summed E-state index contributed by atoms with van der Waals surface area (Å²) in [6.07, 6.45) is 6.12. The van der Waals surface area contributed by atoms with E-state index in [0.717, 1.165) is 32.2 Å². The Morgan fingerprint density at radius 1 is 1.39 bits per heavy atom. The number of carboxylic acid groups (broad SMARTS) is 1. The molecule has 0 radical (unpaired) electrons. The van der Waals surface area contributed by atoms with Crippen molar-refractivity contribution in [2.24, 2.45) is 0 Å². The maximum atomic E-state index is 12.0. The van der Waals surface area contributed by atoms with Crippen molar-refractivity contribution in [3.8, 4) is 0 Å². The molecule has 0 aliphatic carbocycles. The van der Waals surface area contributed by atoms with Gasteiger partial charge in [-0.2, -0.15) is 0 Å². The van der Waals surface area contributed by atoms with Gasteiger partial charge in [0.15, 0.2) is 0 Å². The topological polar surface area (TPSA) is 69.6 Å². The fraction of sp³-hybridized carbons (Fsp3) is 0.846. The second-order valence-electron chi connectivity index (χ2n) is 4.86. The zero-order valence-electron chi connectivity index (χ0n) is 11.2. The molecule has 1 rings (SSSR count). The number of hydrogen-bond donors (Lipinski definition) is 2. The predicted octanol–water partition coefficient (Wildman–Crippen LogP) is 2.22. The molecule has 2 amide bonds. The monoisotopic (exact) mass is 256 g/mol. The Bertz CT molecular complexity index is 279. The number of hydrogen-bond acceptors (Lipinski definition) is 2. The van der Waals surface area contributed by atoms with Crippen LogP contribution >= 0.6 is 0 Å². The number of aliphatic carboxylic acids is 1. The normalized spacial score (nSPS) is 19.6. The van der Waals surface area contributed by atoms with Crippen LogP contribution in [-0.4, -0.2) is 41.1 Å². The second-order valence-corrected chi connectivity index (χ2v) is 4.86. The minimum absolute atomic E-state index is 0.0291. The van der Waals surface area contributed by atoms with Crippen LogP contribution in [0.5, 0.6) is 0 Å². The number of urea groups is 1. The fourth-order valence-corrected chi connectivity index (χ4v) is 2.44. The Labute approximate surface area is 109 Å². The summed E-state index contributed by atoms with van der Waals surface area (Å²) in [5, 5.41) is 11.3. The van der Waals surface area contributed by atoms with Gasteiger partial charge >= 0.3 is 12.0 Å². The van der Waals surface area contributed by atoms with Crippen molar-refractivity contribution in [1.82, 2.24) is 10.2 Å². The number of likely N-dealkylation sites (tertiary alicyclic amines) is 1. The highest BCUT2D eigenvalue weighted by atomic mass is 16.4. The average Bonchev–Trinajstić information content (AvgIpc) is 2.35. The molecular weight excluding hydrogens is 232 g/mol. The Balaban J connectivity index is 2.31. The first-order valence-corrected chi connectivity index (χ1v) is 6.91. The lowest BCUT2D eigenvalue weighted by molar-refractivity contribution is -0.137. The number of carbonyl (C=O) groups is 2. The molecule has 1 unspecified atom stereocenters. The molecule has 18 heavy (non-hydrogen) atoms. The van der Waals surface area contributed by atoms with Gasteiger partial charge in [0.25, 0.3) is 0 Å². The van der Waals surface area contributed by atoms with Crippen LogP contribution in [0.3, 0.4) is 0 Å². The van der Waals surface area contributed by atoms with Crippen molar-refractivity contribution >= 4 is 12.0 Å². The molecule has 0 bridgehead atoms. The number of carboxylic acids is 1. The number of rotatable bonds is 6. The maximum Gasteiger partial charge on any atom is 0.317 e. The average molecular weight is 256 g/mol. The molecule has 0 aromatic carbocycles. The van der Waals surface area contributed by atoms with Crippen molar-refractivity contribution in [3.05, 3.63) is 0 Å². The summed E-state index contributed by atoms with van der Waals surface area (Å²) >= 11 is 0. The van der Waals surface area contributed by atoms with E-state index in [-0.39, 0.29) is 12.5 Å². The fourth-order valence-electron chi connectivity index (χ4n) is 2.44. The Morgan fingerprint density at radius 3 is 2.83 bits per heavy atom. The summed E-state index contributed by atoms with van der Waals surface area (Å²) in [5.74, 6) is -0.814. The van der Waals surface area contributed by atoms with Crippen LogP contribution < -0.4 is 5.32 Å². The molecule has 1 atom stereocenters. The van der Waals surface area contributed by atoms with Crippen molar-refractivity contribution in [1.29, 1.82) is 0 Å². The minimum Gasteiger partial charge on any atom is -0.481 e. The van der Waals surface area contributed by atoms with E-state index in [1.807, 2.05) is 4.90 Å². The third-order valence-electron chi connectivity index (χ3n) is 3.35. The number of piperidine rings is 1. The molecule has 1 fully saturated rings. The zero-order chi connectivity index (χ0) is 13.4. The number of carbonyl (C=O) groups excluding carboxylic acids is 1. The second kappa shape index (κ2) is 7.95. The van der Waals surface area contributed by atoms with E-state index in [2.05, 4.69) is 12.2 Å². The van der Waals surface area contributed by atoms with Gasteiger partial charge in [-0.1, -0.05) is 13.3 Å². The summed E-state index contributed by atoms with van der Waals surface area (Å²) in [4.78, 5) is 24.3. The number of nitrogens with zero attached hydrogens (tertiary/aromatic N) is 1. The number of nitrogens with one attached hydrogen (secondary N) is 1. The highest BCUT2D eigenvalue weighted by Gasteiger charge is 2.25. The van der Waals surface area contributed by atoms with E-state index in [4.69, 9.17) is 5.11 Å². The van der Waals surface area contributed by atoms with E-state index in [9.17, 15) is 9.59 Å².